The highest BCUT2D eigenvalue weighted by Crippen LogP contribution is 2.09. The molecule has 0 unspecified atom stereocenters. The van der Waals surface area contributed by atoms with Crippen LogP contribution < -0.4 is 10.6 Å². The Kier molecular flexibility index (Phi) is 5.70. The lowest BCUT2D eigenvalue weighted by Gasteiger charge is -2.08. The molecule has 0 radical (unpaired) electrons. The van der Waals surface area contributed by atoms with Gasteiger partial charge in [-0.15, -0.1) is 0 Å². The van der Waals surface area contributed by atoms with Crippen LogP contribution in [0.2, 0.25) is 0 Å². The number of amides is 1. The smallest absolute Gasteiger partial charge is 0.224 e. The quantitative estimate of drug-likeness (QED) is 0.743. The second-order valence-electron chi connectivity index (χ2n) is 4.63. The van der Waals surface area contributed by atoms with E-state index in [4.69, 9.17) is 0 Å². The van der Waals surface area contributed by atoms with E-state index in [1.165, 1.54) is 5.56 Å². The summed E-state index contributed by atoms with van der Waals surface area (Å²) in [6.45, 7) is 7.13. The number of hydrogen-bond acceptors (Lipinski definition) is 2. The second kappa shape index (κ2) is 7.07. The average Bonchev–Trinajstić information content (AvgIpc) is 2.27. The van der Waals surface area contributed by atoms with Crippen molar-refractivity contribution in [2.24, 2.45) is 0 Å². The minimum absolute atomic E-state index is 0.0828. The highest BCUT2D eigenvalue weighted by atomic mass is 16.1. The molecule has 0 heterocycles. The number of aryl methyl sites for hydroxylation is 1. The SMILES string of the molecule is Cc1ccc(NC(=O)CCCNC(C)C)cc1. The molecule has 0 aliphatic heterocycles. The molecular formula is C14H22N2O. The van der Waals surface area contributed by atoms with Crippen LogP contribution in [0.25, 0.3) is 0 Å². The first kappa shape index (κ1) is 13.7. The highest BCUT2D eigenvalue weighted by molar-refractivity contribution is 5.90. The molecule has 1 amide bonds. The Bertz CT molecular complexity index is 344. The molecule has 0 saturated carbocycles. The summed E-state index contributed by atoms with van der Waals surface area (Å²) in [7, 11) is 0. The Labute approximate surface area is 104 Å². The van der Waals surface area contributed by atoms with E-state index in [0.29, 0.717) is 12.5 Å². The van der Waals surface area contributed by atoms with Crippen molar-refractivity contribution in [2.75, 3.05) is 11.9 Å². The lowest BCUT2D eigenvalue weighted by atomic mass is 10.2. The lowest BCUT2D eigenvalue weighted by Crippen LogP contribution is -2.24. The van der Waals surface area contributed by atoms with Crippen LogP contribution in [0.3, 0.4) is 0 Å². The van der Waals surface area contributed by atoms with E-state index >= 15 is 0 Å². The first-order chi connectivity index (χ1) is 8.08. The van der Waals surface area contributed by atoms with Gasteiger partial charge >= 0.3 is 0 Å². The van der Waals surface area contributed by atoms with Crippen LogP contribution in [0, 0.1) is 6.92 Å². The van der Waals surface area contributed by atoms with Crippen LogP contribution in [0.1, 0.15) is 32.3 Å². The molecule has 0 aromatic heterocycles. The molecule has 1 rings (SSSR count). The standard InChI is InChI=1S/C14H22N2O/c1-11(2)15-10-4-5-14(17)16-13-8-6-12(3)7-9-13/h6-9,11,15H,4-5,10H2,1-3H3,(H,16,17). The molecule has 1 aromatic carbocycles. The van der Waals surface area contributed by atoms with E-state index in [1.807, 2.05) is 31.2 Å². The molecule has 0 bridgehead atoms. The molecule has 0 atom stereocenters. The van der Waals surface area contributed by atoms with Crippen molar-refractivity contribution in [2.45, 2.75) is 39.7 Å². The Morgan fingerprint density at radius 2 is 1.88 bits per heavy atom. The van der Waals surface area contributed by atoms with Gasteiger partial charge in [-0.2, -0.15) is 0 Å². The number of carbonyl (C=O) groups excluding carboxylic acids is 1. The molecule has 0 fully saturated rings. The maximum atomic E-state index is 11.6. The van der Waals surface area contributed by atoms with E-state index in [1.54, 1.807) is 0 Å². The number of nitrogens with one attached hydrogen (secondary N) is 2. The van der Waals surface area contributed by atoms with Crippen molar-refractivity contribution >= 4 is 11.6 Å². The Balaban J connectivity index is 2.23. The molecule has 17 heavy (non-hydrogen) atoms. The van der Waals surface area contributed by atoms with Gasteiger partial charge in [0, 0.05) is 18.2 Å². The number of carbonyl (C=O) groups is 1. The lowest BCUT2D eigenvalue weighted by molar-refractivity contribution is -0.116. The Morgan fingerprint density at radius 1 is 1.24 bits per heavy atom. The zero-order valence-corrected chi connectivity index (χ0v) is 10.9. The fourth-order valence-electron chi connectivity index (χ4n) is 1.50. The van der Waals surface area contributed by atoms with E-state index in [9.17, 15) is 4.79 Å². The summed E-state index contributed by atoms with van der Waals surface area (Å²) in [5.41, 5.74) is 2.07. The van der Waals surface area contributed by atoms with Gasteiger partial charge in [-0.3, -0.25) is 4.79 Å². The molecule has 0 spiro atoms. The molecule has 2 N–H and O–H groups in total. The van der Waals surface area contributed by atoms with Crippen molar-refractivity contribution in [3.63, 3.8) is 0 Å². The first-order valence-corrected chi connectivity index (χ1v) is 6.18. The van der Waals surface area contributed by atoms with E-state index in [0.717, 1.165) is 18.7 Å². The van der Waals surface area contributed by atoms with Crippen LogP contribution in [0.5, 0.6) is 0 Å². The summed E-state index contributed by atoms with van der Waals surface area (Å²) in [5, 5.41) is 6.18. The monoisotopic (exact) mass is 234 g/mol. The average molecular weight is 234 g/mol. The molecule has 3 nitrogen and oxygen atoms in total. The Hall–Kier alpha value is -1.35. The summed E-state index contributed by atoms with van der Waals surface area (Å²) in [6, 6.07) is 8.33. The van der Waals surface area contributed by atoms with Crippen molar-refractivity contribution < 1.29 is 4.79 Å². The minimum atomic E-state index is 0.0828. The van der Waals surface area contributed by atoms with Gasteiger partial charge in [0.2, 0.25) is 5.91 Å². The molecule has 0 aliphatic rings. The molecule has 0 aliphatic carbocycles. The predicted octanol–water partition coefficient (Wildman–Crippen LogP) is 2.71. The third kappa shape index (κ3) is 6.07. The van der Waals surface area contributed by atoms with E-state index in [2.05, 4.69) is 24.5 Å². The first-order valence-electron chi connectivity index (χ1n) is 6.18. The molecule has 0 saturated heterocycles. The van der Waals surface area contributed by atoms with Crippen LogP contribution in [0.4, 0.5) is 5.69 Å². The summed E-state index contributed by atoms with van der Waals surface area (Å²) < 4.78 is 0. The predicted molar refractivity (Wildman–Crippen MR) is 72.2 cm³/mol. The highest BCUT2D eigenvalue weighted by Gasteiger charge is 2.02. The topological polar surface area (TPSA) is 41.1 Å². The summed E-state index contributed by atoms with van der Waals surface area (Å²) in [4.78, 5) is 11.6. The number of rotatable bonds is 6. The summed E-state index contributed by atoms with van der Waals surface area (Å²) in [6.07, 6.45) is 1.43. The fourth-order valence-corrected chi connectivity index (χ4v) is 1.50. The van der Waals surface area contributed by atoms with Gasteiger partial charge < -0.3 is 10.6 Å². The van der Waals surface area contributed by atoms with Crippen LogP contribution >= 0.6 is 0 Å². The van der Waals surface area contributed by atoms with Crippen molar-refractivity contribution in [1.82, 2.24) is 5.32 Å². The normalized spacial score (nSPS) is 10.6. The van der Waals surface area contributed by atoms with Crippen molar-refractivity contribution in [3.05, 3.63) is 29.8 Å². The van der Waals surface area contributed by atoms with Crippen molar-refractivity contribution in [1.29, 1.82) is 0 Å². The largest absolute Gasteiger partial charge is 0.326 e. The van der Waals surface area contributed by atoms with Gasteiger partial charge in [-0.1, -0.05) is 31.5 Å². The van der Waals surface area contributed by atoms with Gasteiger partial charge in [0.15, 0.2) is 0 Å². The zero-order chi connectivity index (χ0) is 12.7. The Morgan fingerprint density at radius 3 is 2.47 bits per heavy atom. The van der Waals surface area contributed by atoms with Crippen LogP contribution in [0.15, 0.2) is 24.3 Å². The molecule has 94 valence electrons. The maximum absolute atomic E-state index is 11.6. The number of anilines is 1. The third-order valence-electron chi connectivity index (χ3n) is 2.47. The van der Waals surface area contributed by atoms with Crippen LogP contribution in [-0.2, 0) is 4.79 Å². The van der Waals surface area contributed by atoms with Gasteiger partial charge in [0.1, 0.15) is 0 Å². The summed E-state index contributed by atoms with van der Waals surface area (Å²) >= 11 is 0. The number of benzene rings is 1. The zero-order valence-electron chi connectivity index (χ0n) is 10.9. The van der Waals surface area contributed by atoms with E-state index in [-0.39, 0.29) is 5.91 Å². The maximum Gasteiger partial charge on any atom is 0.224 e. The number of hydrogen-bond donors (Lipinski definition) is 2. The van der Waals surface area contributed by atoms with Crippen molar-refractivity contribution in [3.8, 4) is 0 Å². The second-order valence-corrected chi connectivity index (χ2v) is 4.63. The molecule has 1 aromatic rings. The van der Waals surface area contributed by atoms with E-state index < -0.39 is 0 Å². The van der Waals surface area contributed by atoms with Crippen LogP contribution in [-0.4, -0.2) is 18.5 Å². The van der Waals surface area contributed by atoms with Gasteiger partial charge in [-0.05, 0) is 32.0 Å². The third-order valence-corrected chi connectivity index (χ3v) is 2.47. The van der Waals surface area contributed by atoms with Gasteiger partial charge in [-0.25, -0.2) is 0 Å². The molecule has 3 heteroatoms. The van der Waals surface area contributed by atoms with Gasteiger partial charge in [0.25, 0.3) is 0 Å². The fraction of sp³-hybridized carbons (Fsp3) is 0.500. The van der Waals surface area contributed by atoms with Gasteiger partial charge in [0.05, 0.1) is 0 Å². The summed E-state index contributed by atoms with van der Waals surface area (Å²) in [5.74, 6) is 0.0828. The molecular weight excluding hydrogens is 212 g/mol. The minimum Gasteiger partial charge on any atom is -0.326 e.